The fourth-order valence-electron chi connectivity index (χ4n) is 4.32. The predicted molar refractivity (Wildman–Crippen MR) is 80.5 cm³/mol. The summed E-state index contributed by atoms with van der Waals surface area (Å²) in [6, 6.07) is 0.520. The molecule has 1 heterocycles. The van der Waals surface area contributed by atoms with Crippen molar-refractivity contribution in [2.75, 3.05) is 33.7 Å². The summed E-state index contributed by atoms with van der Waals surface area (Å²) in [4.78, 5) is 15.1. The molecule has 1 unspecified atom stereocenters. The molecule has 2 N–H and O–H groups in total. The van der Waals surface area contributed by atoms with E-state index in [9.17, 15) is 4.79 Å². The van der Waals surface area contributed by atoms with Crippen LogP contribution in [-0.4, -0.2) is 50.6 Å². The minimum Gasteiger partial charge on any atom is -0.354 e. The van der Waals surface area contributed by atoms with Crippen LogP contribution in [0.25, 0.3) is 0 Å². The molecule has 114 valence electrons. The molecule has 20 heavy (non-hydrogen) atoms. The number of carbonyl (C=O) groups excluding carboxylic acids is 1. The van der Waals surface area contributed by atoms with E-state index in [1.54, 1.807) is 0 Å². The van der Waals surface area contributed by atoms with Crippen LogP contribution in [0.2, 0.25) is 0 Å². The van der Waals surface area contributed by atoms with Crippen molar-refractivity contribution in [3.05, 3.63) is 0 Å². The maximum Gasteiger partial charge on any atom is 0.227 e. The van der Waals surface area contributed by atoms with E-state index in [-0.39, 0.29) is 5.41 Å². The largest absolute Gasteiger partial charge is 0.354 e. The van der Waals surface area contributed by atoms with Gasteiger partial charge in [0.2, 0.25) is 5.91 Å². The molecule has 3 aliphatic rings. The molecular formula is C16H29N3O. The summed E-state index contributed by atoms with van der Waals surface area (Å²) >= 11 is 0. The van der Waals surface area contributed by atoms with Crippen LogP contribution in [0.5, 0.6) is 0 Å². The van der Waals surface area contributed by atoms with E-state index in [1.165, 1.54) is 32.1 Å². The number of hydrogen-bond donors (Lipinski definition) is 2. The molecule has 0 bridgehead atoms. The molecule has 3 rings (SSSR count). The zero-order valence-corrected chi connectivity index (χ0v) is 13.0. The van der Waals surface area contributed by atoms with Crippen molar-refractivity contribution in [1.29, 1.82) is 0 Å². The van der Waals surface area contributed by atoms with Gasteiger partial charge >= 0.3 is 0 Å². The Morgan fingerprint density at radius 2 is 2.15 bits per heavy atom. The first-order valence-corrected chi connectivity index (χ1v) is 8.29. The third kappa shape index (κ3) is 2.60. The summed E-state index contributed by atoms with van der Waals surface area (Å²) in [7, 11) is 4.27. The molecule has 4 heteroatoms. The van der Waals surface area contributed by atoms with Crippen LogP contribution >= 0.6 is 0 Å². The second-order valence-corrected chi connectivity index (χ2v) is 7.31. The number of rotatable bonds is 5. The summed E-state index contributed by atoms with van der Waals surface area (Å²) in [6.07, 6.45) is 7.46. The van der Waals surface area contributed by atoms with E-state index in [0.29, 0.717) is 17.9 Å². The zero-order valence-electron chi connectivity index (χ0n) is 13.0. The van der Waals surface area contributed by atoms with Crippen molar-refractivity contribution in [3.8, 4) is 0 Å². The van der Waals surface area contributed by atoms with Gasteiger partial charge in [0.25, 0.3) is 0 Å². The van der Waals surface area contributed by atoms with Crippen LogP contribution in [0.3, 0.4) is 0 Å². The molecule has 2 saturated carbocycles. The number of fused-ring (bicyclic) bond motifs is 1. The summed E-state index contributed by atoms with van der Waals surface area (Å²) in [6.45, 7) is 2.75. The first-order valence-electron chi connectivity index (χ1n) is 8.29. The van der Waals surface area contributed by atoms with Gasteiger partial charge in [-0.2, -0.15) is 0 Å². The van der Waals surface area contributed by atoms with Gasteiger partial charge in [-0.25, -0.2) is 0 Å². The van der Waals surface area contributed by atoms with E-state index in [0.717, 1.165) is 32.0 Å². The molecule has 0 aromatic rings. The average Bonchev–Trinajstić information content (AvgIpc) is 3.16. The quantitative estimate of drug-likeness (QED) is 0.795. The third-order valence-corrected chi connectivity index (χ3v) is 5.79. The molecular weight excluding hydrogens is 250 g/mol. The normalized spacial score (nSPS) is 34.9. The number of likely N-dealkylation sites (N-methyl/N-ethyl adjacent to an activating group) is 1. The number of amides is 1. The molecule has 1 amide bonds. The van der Waals surface area contributed by atoms with Crippen molar-refractivity contribution in [2.24, 2.45) is 17.3 Å². The molecule has 2 aliphatic carbocycles. The molecule has 0 spiro atoms. The van der Waals surface area contributed by atoms with Gasteiger partial charge in [0.15, 0.2) is 0 Å². The number of nitrogens with zero attached hydrogens (tertiary/aromatic N) is 1. The van der Waals surface area contributed by atoms with E-state index in [2.05, 4.69) is 29.6 Å². The minimum absolute atomic E-state index is 0.0985. The maximum absolute atomic E-state index is 12.8. The van der Waals surface area contributed by atoms with E-state index in [1.807, 2.05) is 0 Å². The van der Waals surface area contributed by atoms with E-state index < -0.39 is 0 Å². The third-order valence-electron chi connectivity index (χ3n) is 5.79. The van der Waals surface area contributed by atoms with Crippen LogP contribution in [0.1, 0.15) is 38.5 Å². The second kappa shape index (κ2) is 5.64. The molecule has 0 aromatic heterocycles. The predicted octanol–water partition coefficient (Wildman–Crippen LogP) is 1.22. The highest BCUT2D eigenvalue weighted by atomic mass is 16.2. The topological polar surface area (TPSA) is 44.4 Å². The summed E-state index contributed by atoms with van der Waals surface area (Å²) in [5, 5.41) is 6.76. The van der Waals surface area contributed by atoms with Gasteiger partial charge in [-0.15, -0.1) is 0 Å². The Labute approximate surface area is 122 Å². The Morgan fingerprint density at radius 3 is 2.85 bits per heavy atom. The Bertz CT molecular complexity index is 365. The highest BCUT2D eigenvalue weighted by Crippen LogP contribution is 2.44. The van der Waals surface area contributed by atoms with Gasteiger partial charge < -0.3 is 15.5 Å². The van der Waals surface area contributed by atoms with Crippen LogP contribution in [0, 0.1) is 17.3 Å². The summed E-state index contributed by atoms with van der Waals surface area (Å²) < 4.78 is 0. The van der Waals surface area contributed by atoms with Crippen molar-refractivity contribution >= 4 is 5.91 Å². The summed E-state index contributed by atoms with van der Waals surface area (Å²) in [5.74, 6) is 1.68. The lowest BCUT2D eigenvalue weighted by atomic mass is 9.67. The maximum atomic E-state index is 12.8. The van der Waals surface area contributed by atoms with E-state index in [4.69, 9.17) is 0 Å². The molecule has 4 nitrogen and oxygen atoms in total. The average molecular weight is 279 g/mol. The fraction of sp³-hybridized carbons (Fsp3) is 0.938. The first-order chi connectivity index (χ1) is 9.63. The van der Waals surface area contributed by atoms with Crippen molar-refractivity contribution < 1.29 is 4.79 Å². The van der Waals surface area contributed by atoms with Gasteiger partial charge in [0.05, 0.1) is 5.41 Å². The van der Waals surface area contributed by atoms with Crippen LogP contribution in [-0.2, 0) is 4.79 Å². The lowest BCUT2D eigenvalue weighted by Gasteiger charge is -2.37. The smallest absolute Gasteiger partial charge is 0.227 e. The zero-order chi connectivity index (χ0) is 14.2. The van der Waals surface area contributed by atoms with Crippen molar-refractivity contribution in [2.45, 2.75) is 44.6 Å². The molecule has 1 saturated heterocycles. The Kier molecular flexibility index (Phi) is 4.04. The van der Waals surface area contributed by atoms with Gasteiger partial charge in [-0.1, -0.05) is 12.8 Å². The van der Waals surface area contributed by atoms with Gasteiger partial charge in [0.1, 0.15) is 0 Å². The second-order valence-electron chi connectivity index (χ2n) is 7.31. The molecule has 3 atom stereocenters. The van der Waals surface area contributed by atoms with Crippen molar-refractivity contribution in [3.63, 3.8) is 0 Å². The van der Waals surface area contributed by atoms with Gasteiger partial charge in [0, 0.05) is 19.1 Å². The SMILES string of the molecule is CN(C)C(CNC(=O)[C@@]12CCCC[C@H]1CNC2)C1CC1. The molecule has 0 radical (unpaired) electrons. The number of hydrogen-bond acceptors (Lipinski definition) is 3. The number of nitrogens with one attached hydrogen (secondary N) is 2. The highest BCUT2D eigenvalue weighted by Gasteiger charge is 2.49. The molecule has 1 aliphatic heterocycles. The Morgan fingerprint density at radius 1 is 1.35 bits per heavy atom. The Balaban J connectivity index is 1.60. The lowest BCUT2D eigenvalue weighted by molar-refractivity contribution is -0.134. The summed E-state index contributed by atoms with van der Waals surface area (Å²) in [5.41, 5.74) is -0.0985. The highest BCUT2D eigenvalue weighted by molar-refractivity contribution is 5.84. The van der Waals surface area contributed by atoms with Gasteiger partial charge in [-0.05, 0) is 58.2 Å². The van der Waals surface area contributed by atoms with E-state index >= 15 is 0 Å². The van der Waals surface area contributed by atoms with Gasteiger partial charge in [-0.3, -0.25) is 4.79 Å². The first kappa shape index (κ1) is 14.3. The van der Waals surface area contributed by atoms with Crippen LogP contribution in [0.4, 0.5) is 0 Å². The van der Waals surface area contributed by atoms with Crippen molar-refractivity contribution in [1.82, 2.24) is 15.5 Å². The Hall–Kier alpha value is -0.610. The lowest BCUT2D eigenvalue weighted by Crippen LogP contribution is -2.51. The molecule has 0 aromatic carbocycles. The number of carbonyl (C=O) groups is 1. The molecule has 3 fully saturated rings. The standard InChI is InChI=1S/C16H29N3O/c1-19(2)14(12-6-7-12)10-18-15(20)16-8-4-3-5-13(16)9-17-11-16/h12-14,17H,3-11H2,1-2H3,(H,18,20)/t13-,14?,16+/m0/s1. The van der Waals surface area contributed by atoms with Crippen LogP contribution in [0.15, 0.2) is 0 Å². The minimum atomic E-state index is -0.0985. The fourth-order valence-corrected chi connectivity index (χ4v) is 4.32. The van der Waals surface area contributed by atoms with Crippen LogP contribution < -0.4 is 10.6 Å². The monoisotopic (exact) mass is 279 g/mol.